The topological polar surface area (TPSA) is 47.3 Å². The first kappa shape index (κ1) is 14.4. The highest BCUT2D eigenvalue weighted by molar-refractivity contribution is 6.76. The second-order valence-corrected chi connectivity index (χ2v) is 11.4. The molecule has 0 saturated heterocycles. The molecule has 1 unspecified atom stereocenters. The van der Waals surface area contributed by atoms with Gasteiger partial charge in [0.2, 0.25) is 0 Å². The maximum absolute atomic E-state index is 9.43. The van der Waals surface area contributed by atoms with Crippen molar-refractivity contribution in [3.8, 4) is 0 Å². The molecule has 0 radical (unpaired) electrons. The third kappa shape index (κ3) is 5.02. The van der Waals surface area contributed by atoms with Gasteiger partial charge in [-0.1, -0.05) is 19.6 Å². The molecule has 1 N–H and O–H groups in total. The highest BCUT2D eigenvalue weighted by Crippen LogP contribution is 2.12. The molecule has 1 aromatic rings. The largest absolute Gasteiger partial charge is 0.387 e. The minimum absolute atomic E-state index is 0.475. The smallest absolute Gasteiger partial charge is 0.139 e. The van der Waals surface area contributed by atoms with E-state index in [1.165, 1.54) is 0 Å². The van der Waals surface area contributed by atoms with E-state index in [9.17, 15) is 5.11 Å². The second-order valence-electron chi connectivity index (χ2n) is 5.73. The predicted octanol–water partition coefficient (Wildman–Crippen LogP) is 2.56. The number of aliphatic hydroxyl groups is 1. The van der Waals surface area contributed by atoms with E-state index in [0.29, 0.717) is 12.4 Å². The Kier molecular flexibility index (Phi) is 4.91. The minimum atomic E-state index is -1.02. The van der Waals surface area contributed by atoms with Gasteiger partial charge in [-0.25, -0.2) is 4.68 Å². The summed E-state index contributed by atoms with van der Waals surface area (Å²) in [5.41, 5.74) is 1.73. The van der Waals surface area contributed by atoms with Crippen LogP contribution in [0, 0.1) is 6.92 Å². The molecule has 0 bridgehead atoms. The molecule has 4 nitrogen and oxygen atoms in total. The SMILES string of the molecule is Cc1cc(C(C)O)nn1COCC[Si](C)(C)C. The van der Waals surface area contributed by atoms with E-state index in [0.717, 1.165) is 18.3 Å². The Hall–Kier alpha value is -0.653. The highest BCUT2D eigenvalue weighted by Gasteiger charge is 2.13. The van der Waals surface area contributed by atoms with Gasteiger partial charge in [0.1, 0.15) is 6.73 Å². The predicted molar refractivity (Wildman–Crippen MR) is 71.7 cm³/mol. The molecule has 1 aromatic heterocycles. The van der Waals surface area contributed by atoms with Gasteiger partial charge < -0.3 is 9.84 Å². The second kappa shape index (κ2) is 5.80. The van der Waals surface area contributed by atoms with Gasteiger partial charge in [0.15, 0.2) is 0 Å². The molecular weight excluding hydrogens is 232 g/mol. The zero-order valence-electron chi connectivity index (χ0n) is 11.5. The summed E-state index contributed by atoms with van der Waals surface area (Å²) in [5, 5.41) is 13.7. The molecule has 0 fully saturated rings. The molecule has 0 aromatic carbocycles. The molecule has 0 saturated carbocycles. The van der Waals surface area contributed by atoms with Crippen molar-refractivity contribution in [1.29, 1.82) is 0 Å². The average Bonchev–Trinajstić information content (AvgIpc) is 2.54. The molecule has 1 rings (SSSR count). The quantitative estimate of drug-likeness (QED) is 0.628. The minimum Gasteiger partial charge on any atom is -0.387 e. The van der Waals surface area contributed by atoms with Gasteiger partial charge in [-0.05, 0) is 26.0 Å². The van der Waals surface area contributed by atoms with Crippen molar-refractivity contribution in [1.82, 2.24) is 9.78 Å². The van der Waals surface area contributed by atoms with Crippen LogP contribution in [0.1, 0.15) is 24.4 Å². The average molecular weight is 256 g/mol. The Labute approximate surface area is 105 Å². The lowest BCUT2D eigenvalue weighted by molar-refractivity contribution is 0.0758. The first-order valence-electron chi connectivity index (χ1n) is 6.10. The third-order valence-corrected chi connectivity index (χ3v) is 4.34. The lowest BCUT2D eigenvalue weighted by atomic mass is 10.3. The van der Waals surface area contributed by atoms with E-state index in [1.54, 1.807) is 11.6 Å². The Balaban J connectivity index is 2.42. The zero-order valence-corrected chi connectivity index (χ0v) is 12.5. The lowest BCUT2D eigenvalue weighted by Crippen LogP contribution is -2.22. The molecule has 1 heterocycles. The molecule has 0 aliphatic rings. The highest BCUT2D eigenvalue weighted by atomic mass is 28.3. The summed E-state index contributed by atoms with van der Waals surface area (Å²) in [4.78, 5) is 0. The Bertz CT molecular complexity index is 356. The standard InChI is InChI=1S/C12H24N2O2Si/c1-10-8-12(11(2)15)13-14(10)9-16-6-7-17(3,4)5/h8,11,15H,6-7,9H2,1-5H3. The fraction of sp³-hybridized carbons (Fsp3) is 0.750. The van der Waals surface area contributed by atoms with Gasteiger partial charge in [0, 0.05) is 20.4 Å². The van der Waals surface area contributed by atoms with E-state index in [-0.39, 0.29) is 0 Å². The first-order chi connectivity index (χ1) is 7.79. The Morgan fingerprint density at radius 1 is 1.47 bits per heavy atom. The van der Waals surface area contributed by atoms with E-state index in [2.05, 4.69) is 24.7 Å². The number of hydrogen-bond acceptors (Lipinski definition) is 3. The zero-order chi connectivity index (χ0) is 13.1. The maximum Gasteiger partial charge on any atom is 0.139 e. The molecule has 98 valence electrons. The van der Waals surface area contributed by atoms with Crippen LogP contribution < -0.4 is 0 Å². The summed E-state index contributed by atoms with van der Waals surface area (Å²) >= 11 is 0. The fourth-order valence-electron chi connectivity index (χ4n) is 1.40. The summed E-state index contributed by atoms with van der Waals surface area (Å²) in [6.07, 6.45) is -0.517. The normalized spacial score (nSPS) is 14.0. The fourth-order valence-corrected chi connectivity index (χ4v) is 2.16. The molecule has 0 aliphatic carbocycles. The van der Waals surface area contributed by atoms with Crippen LogP contribution in [0.3, 0.4) is 0 Å². The Morgan fingerprint density at radius 3 is 2.59 bits per heavy atom. The molecule has 17 heavy (non-hydrogen) atoms. The molecule has 0 spiro atoms. The summed E-state index contributed by atoms with van der Waals surface area (Å²) in [6, 6.07) is 3.06. The molecule has 5 heteroatoms. The van der Waals surface area contributed by atoms with Gasteiger partial charge in [0.25, 0.3) is 0 Å². The first-order valence-corrected chi connectivity index (χ1v) is 9.80. The van der Waals surface area contributed by atoms with Crippen LogP contribution in [0.4, 0.5) is 0 Å². The number of nitrogens with zero attached hydrogens (tertiary/aromatic N) is 2. The van der Waals surface area contributed by atoms with Crippen molar-refractivity contribution in [2.24, 2.45) is 0 Å². The van der Waals surface area contributed by atoms with Crippen molar-refractivity contribution in [3.63, 3.8) is 0 Å². The monoisotopic (exact) mass is 256 g/mol. The van der Waals surface area contributed by atoms with Crippen LogP contribution in [0.25, 0.3) is 0 Å². The van der Waals surface area contributed by atoms with Crippen LogP contribution in [0.15, 0.2) is 6.07 Å². The molecule has 0 aliphatic heterocycles. The van der Waals surface area contributed by atoms with Crippen LogP contribution in [-0.2, 0) is 11.5 Å². The van der Waals surface area contributed by atoms with E-state index in [4.69, 9.17) is 4.74 Å². The van der Waals surface area contributed by atoms with Crippen LogP contribution >= 0.6 is 0 Å². The molecular formula is C12H24N2O2Si. The number of aryl methyl sites for hydroxylation is 1. The van der Waals surface area contributed by atoms with Crippen LogP contribution in [0.5, 0.6) is 0 Å². The number of hydrogen-bond donors (Lipinski definition) is 1. The summed E-state index contributed by atoms with van der Waals surface area (Å²) in [5.74, 6) is 0. The number of rotatable bonds is 6. The van der Waals surface area contributed by atoms with Gasteiger partial charge >= 0.3 is 0 Å². The number of aromatic nitrogens is 2. The molecule has 1 atom stereocenters. The van der Waals surface area contributed by atoms with Gasteiger partial charge in [-0.15, -0.1) is 0 Å². The maximum atomic E-state index is 9.43. The van der Waals surface area contributed by atoms with Gasteiger partial charge in [-0.2, -0.15) is 5.10 Å². The summed E-state index contributed by atoms with van der Waals surface area (Å²) in [6.45, 7) is 12.0. The summed E-state index contributed by atoms with van der Waals surface area (Å²) in [7, 11) is -1.02. The van der Waals surface area contributed by atoms with Gasteiger partial charge in [0.05, 0.1) is 11.8 Å². The van der Waals surface area contributed by atoms with E-state index in [1.807, 2.05) is 13.0 Å². The van der Waals surface area contributed by atoms with Crippen molar-refractivity contribution in [3.05, 3.63) is 17.5 Å². The Morgan fingerprint density at radius 2 is 2.12 bits per heavy atom. The third-order valence-electron chi connectivity index (χ3n) is 2.64. The van der Waals surface area contributed by atoms with Crippen LogP contribution in [0.2, 0.25) is 25.7 Å². The lowest BCUT2D eigenvalue weighted by Gasteiger charge is -2.15. The van der Waals surface area contributed by atoms with Crippen molar-refractivity contribution < 1.29 is 9.84 Å². The summed E-state index contributed by atoms with van der Waals surface area (Å²) < 4.78 is 7.42. The van der Waals surface area contributed by atoms with Crippen molar-refractivity contribution in [2.45, 2.75) is 52.4 Å². The van der Waals surface area contributed by atoms with E-state index < -0.39 is 14.2 Å². The van der Waals surface area contributed by atoms with E-state index >= 15 is 0 Å². The number of ether oxygens (including phenoxy) is 1. The van der Waals surface area contributed by atoms with Crippen molar-refractivity contribution >= 4 is 8.07 Å². The number of aliphatic hydroxyl groups excluding tert-OH is 1. The van der Waals surface area contributed by atoms with Crippen LogP contribution in [-0.4, -0.2) is 29.6 Å². The van der Waals surface area contributed by atoms with Crippen molar-refractivity contribution in [2.75, 3.05) is 6.61 Å². The molecule has 0 amide bonds. The van der Waals surface area contributed by atoms with Gasteiger partial charge in [-0.3, -0.25) is 0 Å².